The van der Waals surface area contributed by atoms with Gasteiger partial charge in [0, 0.05) is 87.9 Å². The summed E-state index contributed by atoms with van der Waals surface area (Å²) in [5, 5.41) is 0. The topological polar surface area (TPSA) is 25.9 Å². The molecule has 35 heavy (non-hydrogen) atoms. The largest absolute Gasteiger partial charge is 1.00 e. The predicted octanol–water partition coefficient (Wildman–Crippen LogP) is 2.41. The van der Waals surface area contributed by atoms with E-state index in [0.29, 0.717) is 12.1 Å². The third kappa shape index (κ3) is 5.43. The van der Waals surface area contributed by atoms with Crippen molar-refractivity contribution in [2.24, 2.45) is 0 Å². The second-order valence-electron chi connectivity index (χ2n) is 10.7. The van der Waals surface area contributed by atoms with E-state index in [4.69, 9.17) is 4.98 Å². The van der Waals surface area contributed by atoms with Crippen LogP contribution in [0.2, 0.25) is 0 Å². The number of benzene rings is 2. The van der Waals surface area contributed by atoms with Gasteiger partial charge in [0.2, 0.25) is 11.3 Å². The van der Waals surface area contributed by atoms with Crippen LogP contribution in [0.1, 0.15) is 38.8 Å². The molecule has 0 spiro atoms. The molecule has 0 radical (unpaired) electrons. The number of nitrogens with zero attached hydrogens (tertiary/aromatic N) is 5. The van der Waals surface area contributed by atoms with E-state index in [2.05, 4.69) is 85.4 Å². The van der Waals surface area contributed by atoms with Gasteiger partial charge in [-0.25, -0.2) is 4.98 Å². The van der Waals surface area contributed by atoms with E-state index in [1.54, 1.807) is 0 Å². The summed E-state index contributed by atoms with van der Waals surface area (Å²) in [4.78, 5) is 15.4. The van der Waals surface area contributed by atoms with Crippen molar-refractivity contribution in [2.75, 3.05) is 62.2 Å². The highest BCUT2D eigenvalue weighted by atomic mass is 79.9. The van der Waals surface area contributed by atoms with Gasteiger partial charge in [0.05, 0.1) is 0 Å². The molecule has 0 saturated carbocycles. The summed E-state index contributed by atoms with van der Waals surface area (Å²) >= 11 is 1.91. The predicted molar refractivity (Wildman–Crippen MR) is 149 cm³/mol. The maximum absolute atomic E-state index is 5.18. The molecular weight excluding hydrogens is 518 g/mol. The zero-order valence-corrected chi connectivity index (χ0v) is 24.5. The highest BCUT2D eigenvalue weighted by Gasteiger charge is 2.25. The second kappa shape index (κ2) is 10.8. The van der Waals surface area contributed by atoms with Crippen LogP contribution in [-0.4, -0.2) is 79.2 Å². The lowest BCUT2D eigenvalue weighted by atomic mass is 10.1. The Labute approximate surface area is 225 Å². The molecule has 0 aliphatic carbocycles. The highest BCUT2D eigenvalue weighted by Crippen LogP contribution is 2.35. The summed E-state index contributed by atoms with van der Waals surface area (Å²) in [7, 11) is 0. The number of halogens is 1. The van der Waals surface area contributed by atoms with Crippen LogP contribution in [0.15, 0.2) is 24.3 Å². The average Bonchev–Trinajstić information content (AvgIpc) is 2.83. The van der Waals surface area contributed by atoms with Gasteiger partial charge in [0.25, 0.3) is 9.40 Å². The lowest BCUT2D eigenvalue weighted by Crippen LogP contribution is -3.00. The van der Waals surface area contributed by atoms with Gasteiger partial charge < -0.3 is 26.8 Å². The Morgan fingerprint density at radius 3 is 1.34 bits per heavy atom. The highest BCUT2D eigenvalue weighted by molar-refractivity contribution is 7.24. The monoisotopic (exact) mass is 557 g/mol. The molecule has 2 aliphatic rings. The SMILES string of the molecule is Cc1cc(N2CCN(C(C)C)CC2)cc2[s+]c3cc(N4CCN(C(C)C)CC4)cc(C)c3nc12.[Br-]. The summed E-state index contributed by atoms with van der Waals surface area (Å²) in [6.07, 6.45) is 0. The van der Waals surface area contributed by atoms with Crippen LogP contribution < -0.4 is 26.8 Å². The Kier molecular flexibility index (Phi) is 8.21. The van der Waals surface area contributed by atoms with Crippen LogP contribution >= 0.6 is 11.3 Å². The van der Waals surface area contributed by atoms with Crippen LogP contribution in [0.25, 0.3) is 20.4 Å². The molecule has 3 aromatic rings. The molecular formula is C28H40BrN5S. The van der Waals surface area contributed by atoms with Crippen LogP contribution in [0, 0.1) is 13.8 Å². The van der Waals surface area contributed by atoms with Crippen LogP contribution in [0.5, 0.6) is 0 Å². The molecule has 0 bridgehead atoms. The van der Waals surface area contributed by atoms with E-state index in [0.717, 1.165) is 63.4 Å². The van der Waals surface area contributed by atoms with Crippen molar-refractivity contribution in [3.63, 3.8) is 0 Å². The van der Waals surface area contributed by atoms with E-state index in [1.807, 2.05) is 11.3 Å². The summed E-state index contributed by atoms with van der Waals surface area (Å²) in [6.45, 7) is 22.6. The third-order valence-corrected chi connectivity index (χ3v) is 8.83. The molecule has 2 aromatic carbocycles. The maximum Gasteiger partial charge on any atom is 0.259 e. The van der Waals surface area contributed by atoms with E-state index >= 15 is 0 Å². The molecule has 2 saturated heterocycles. The molecule has 2 aliphatic heterocycles. The van der Waals surface area contributed by atoms with Gasteiger partial charge >= 0.3 is 0 Å². The summed E-state index contributed by atoms with van der Waals surface area (Å²) < 4.78 is 2.60. The average molecular weight is 559 g/mol. The van der Waals surface area contributed by atoms with Crippen molar-refractivity contribution in [3.8, 4) is 0 Å². The van der Waals surface area contributed by atoms with Gasteiger partial charge in [-0.05, 0) is 64.8 Å². The molecule has 0 amide bonds. The van der Waals surface area contributed by atoms with Gasteiger partial charge in [-0.15, -0.1) is 0 Å². The van der Waals surface area contributed by atoms with Gasteiger partial charge in [-0.3, -0.25) is 9.80 Å². The molecule has 2 fully saturated rings. The lowest BCUT2D eigenvalue weighted by molar-refractivity contribution is -0.00000744. The second-order valence-corrected chi connectivity index (χ2v) is 11.7. The van der Waals surface area contributed by atoms with E-state index in [-0.39, 0.29) is 17.0 Å². The minimum atomic E-state index is 0. The van der Waals surface area contributed by atoms with Gasteiger partial charge in [0.15, 0.2) is 0 Å². The van der Waals surface area contributed by atoms with E-state index in [9.17, 15) is 0 Å². The van der Waals surface area contributed by atoms with Crippen molar-refractivity contribution in [1.29, 1.82) is 0 Å². The molecule has 7 heteroatoms. The quantitative estimate of drug-likeness (QED) is 0.362. The Hall–Kier alpha value is -1.54. The number of aromatic nitrogens is 1. The number of rotatable bonds is 4. The number of hydrogen-bond acceptors (Lipinski definition) is 5. The number of fused-ring (bicyclic) bond motifs is 2. The van der Waals surface area contributed by atoms with Crippen molar-refractivity contribution in [2.45, 2.75) is 53.6 Å². The normalized spacial score (nSPS) is 18.2. The minimum Gasteiger partial charge on any atom is -1.00 e. The summed E-state index contributed by atoms with van der Waals surface area (Å²) in [5.74, 6) is 0. The molecule has 3 heterocycles. The van der Waals surface area contributed by atoms with E-state index < -0.39 is 0 Å². The summed E-state index contributed by atoms with van der Waals surface area (Å²) in [5.41, 5.74) is 7.58. The Balaban J connectivity index is 0.00000289. The smallest absolute Gasteiger partial charge is 0.259 e. The van der Waals surface area contributed by atoms with Crippen molar-refractivity contribution < 1.29 is 17.0 Å². The third-order valence-electron chi connectivity index (χ3n) is 7.76. The zero-order chi connectivity index (χ0) is 24.0. The van der Waals surface area contributed by atoms with Gasteiger partial charge in [-0.2, -0.15) is 0 Å². The maximum atomic E-state index is 5.18. The molecule has 0 atom stereocenters. The lowest BCUT2D eigenvalue weighted by Gasteiger charge is -2.38. The van der Waals surface area contributed by atoms with Crippen LogP contribution in [0.4, 0.5) is 11.4 Å². The standard InChI is InChI=1S/C28H40N5S.BrH/c1-19(2)30-7-11-32(12-8-30)23-15-21(5)27-25(17-23)34-26-18-24(16-22(6)28(26)29-27)33-13-9-31(10-14-33)20(3)4;/h15-20H,7-14H2,1-6H3;1H/q+1;/p-1. The Morgan fingerprint density at radius 2 is 1.00 bits per heavy atom. The fourth-order valence-electron chi connectivity index (χ4n) is 5.49. The molecule has 190 valence electrons. The van der Waals surface area contributed by atoms with Gasteiger partial charge in [0.1, 0.15) is 11.0 Å². The first-order valence-electron chi connectivity index (χ1n) is 13.0. The number of anilines is 2. The molecule has 0 unspecified atom stereocenters. The van der Waals surface area contributed by atoms with Crippen LogP contribution in [0.3, 0.4) is 0 Å². The zero-order valence-electron chi connectivity index (χ0n) is 22.1. The minimum absolute atomic E-state index is 0. The first-order valence-corrected chi connectivity index (χ1v) is 13.8. The first kappa shape index (κ1) is 26.5. The van der Waals surface area contributed by atoms with Gasteiger partial charge in [-0.1, -0.05) is 0 Å². The Bertz CT molecular complexity index is 1090. The molecule has 5 rings (SSSR count). The fraction of sp³-hybridized carbons (Fsp3) is 0.571. The first-order chi connectivity index (χ1) is 16.3. The molecule has 1 aromatic heterocycles. The van der Waals surface area contributed by atoms with Crippen molar-refractivity contribution >= 4 is 43.1 Å². The van der Waals surface area contributed by atoms with Crippen molar-refractivity contribution in [3.05, 3.63) is 35.4 Å². The van der Waals surface area contributed by atoms with Crippen LogP contribution in [-0.2, 0) is 0 Å². The summed E-state index contributed by atoms with van der Waals surface area (Å²) in [6, 6.07) is 10.7. The number of hydrogen-bond donors (Lipinski definition) is 0. The fourth-order valence-corrected chi connectivity index (χ4v) is 6.69. The van der Waals surface area contributed by atoms with E-state index in [1.165, 1.54) is 31.9 Å². The van der Waals surface area contributed by atoms with Crippen molar-refractivity contribution in [1.82, 2.24) is 14.8 Å². The number of piperazine rings is 2. The number of aryl methyl sites for hydroxylation is 2. The Morgan fingerprint density at radius 1 is 0.629 bits per heavy atom. The molecule has 0 N–H and O–H groups in total. The molecule has 5 nitrogen and oxygen atoms in total.